The molecule has 146 valence electrons. The number of thiophene rings is 1. The summed E-state index contributed by atoms with van der Waals surface area (Å²) in [6.45, 7) is 4.85. The quantitative estimate of drug-likeness (QED) is 0.438. The van der Waals surface area contributed by atoms with Gasteiger partial charge >= 0.3 is 0 Å². The number of rotatable bonds is 7. The van der Waals surface area contributed by atoms with E-state index in [2.05, 4.69) is 14.9 Å². The molecule has 28 heavy (non-hydrogen) atoms. The first kappa shape index (κ1) is 19.2. The number of thioether (sulfide) groups is 1. The third-order valence-electron chi connectivity index (χ3n) is 4.70. The molecular weight excluding hydrogens is 392 g/mol. The molecule has 1 amide bonds. The molecule has 3 aromatic rings. The molecule has 0 radical (unpaired) electrons. The lowest BCUT2D eigenvalue weighted by Crippen LogP contribution is -2.50. The van der Waals surface area contributed by atoms with E-state index in [0.29, 0.717) is 12.4 Å². The second kappa shape index (κ2) is 9.36. The highest BCUT2D eigenvalue weighted by Crippen LogP contribution is 2.27. The number of fused-ring (bicyclic) bond motifs is 1. The average molecular weight is 415 g/mol. The normalized spacial score (nSPS) is 15.1. The topological polar surface area (TPSA) is 58.6 Å². The number of para-hydroxylation sites is 1. The highest BCUT2D eigenvalue weighted by molar-refractivity contribution is 8.00. The fraction of sp³-hybridized carbons (Fsp3) is 0.350. The molecule has 6 nitrogen and oxygen atoms in total. The fourth-order valence-corrected chi connectivity index (χ4v) is 4.82. The van der Waals surface area contributed by atoms with Gasteiger partial charge in [0, 0.05) is 38.1 Å². The SMILES string of the molecule is O=C(CSc1ncnc2sccc12)N1CCN(CCOc2ccccc2)CC1. The maximum Gasteiger partial charge on any atom is 0.233 e. The monoisotopic (exact) mass is 414 g/mol. The Bertz CT molecular complexity index is 911. The van der Waals surface area contributed by atoms with Gasteiger partial charge in [-0.25, -0.2) is 9.97 Å². The minimum atomic E-state index is 0.173. The summed E-state index contributed by atoms with van der Waals surface area (Å²) in [5.41, 5.74) is 0. The largest absolute Gasteiger partial charge is 0.492 e. The zero-order valence-electron chi connectivity index (χ0n) is 15.5. The number of ether oxygens (including phenoxy) is 1. The number of aromatic nitrogens is 2. The van der Waals surface area contributed by atoms with Gasteiger partial charge in [-0.05, 0) is 23.6 Å². The summed E-state index contributed by atoms with van der Waals surface area (Å²) >= 11 is 3.09. The molecule has 2 aromatic heterocycles. The molecule has 4 rings (SSSR count). The molecule has 0 bridgehead atoms. The van der Waals surface area contributed by atoms with Gasteiger partial charge in [-0.3, -0.25) is 9.69 Å². The van der Waals surface area contributed by atoms with Crippen LogP contribution < -0.4 is 4.74 Å². The number of nitrogens with zero attached hydrogens (tertiary/aromatic N) is 4. The molecule has 1 fully saturated rings. The molecule has 1 aromatic carbocycles. The van der Waals surface area contributed by atoms with E-state index in [9.17, 15) is 4.79 Å². The van der Waals surface area contributed by atoms with Gasteiger partial charge in [0.2, 0.25) is 5.91 Å². The van der Waals surface area contributed by atoms with E-state index < -0.39 is 0 Å². The summed E-state index contributed by atoms with van der Waals surface area (Å²) in [6, 6.07) is 11.9. The van der Waals surface area contributed by atoms with Crippen LogP contribution in [0.15, 0.2) is 53.1 Å². The van der Waals surface area contributed by atoms with Crippen LogP contribution in [0.5, 0.6) is 5.75 Å². The first-order valence-corrected chi connectivity index (χ1v) is 11.1. The standard InChI is InChI=1S/C20H22N4O2S2/c25-18(14-28-20-17-6-13-27-19(17)21-15-22-20)24-9-7-23(8-10-24)11-12-26-16-4-2-1-3-5-16/h1-6,13,15H,7-12,14H2. The van der Waals surface area contributed by atoms with E-state index in [0.717, 1.165) is 53.7 Å². The van der Waals surface area contributed by atoms with Gasteiger partial charge in [0.25, 0.3) is 0 Å². The van der Waals surface area contributed by atoms with Crippen molar-refractivity contribution in [2.45, 2.75) is 5.03 Å². The summed E-state index contributed by atoms with van der Waals surface area (Å²) < 4.78 is 5.76. The van der Waals surface area contributed by atoms with Crippen molar-refractivity contribution in [3.05, 3.63) is 48.1 Å². The van der Waals surface area contributed by atoms with Gasteiger partial charge in [-0.1, -0.05) is 30.0 Å². The van der Waals surface area contributed by atoms with Crippen LogP contribution in [0.3, 0.4) is 0 Å². The number of hydrogen-bond donors (Lipinski definition) is 0. The first-order chi connectivity index (χ1) is 13.8. The number of hydrogen-bond acceptors (Lipinski definition) is 7. The lowest BCUT2D eigenvalue weighted by molar-refractivity contribution is -0.130. The number of carbonyl (C=O) groups is 1. The third-order valence-corrected chi connectivity index (χ3v) is 6.51. The van der Waals surface area contributed by atoms with Crippen LogP contribution in [-0.2, 0) is 4.79 Å². The highest BCUT2D eigenvalue weighted by atomic mass is 32.2. The maximum atomic E-state index is 12.6. The van der Waals surface area contributed by atoms with E-state index in [4.69, 9.17) is 4.74 Å². The molecule has 0 spiro atoms. The van der Waals surface area contributed by atoms with Crippen LogP contribution in [0.2, 0.25) is 0 Å². The maximum absolute atomic E-state index is 12.6. The summed E-state index contributed by atoms with van der Waals surface area (Å²) in [4.78, 5) is 26.4. The van der Waals surface area contributed by atoms with E-state index >= 15 is 0 Å². The highest BCUT2D eigenvalue weighted by Gasteiger charge is 2.21. The Kier molecular flexibility index (Phi) is 6.41. The van der Waals surface area contributed by atoms with Gasteiger partial charge in [0.1, 0.15) is 28.5 Å². The summed E-state index contributed by atoms with van der Waals surface area (Å²) in [6.07, 6.45) is 1.57. The number of piperazine rings is 1. The van der Waals surface area contributed by atoms with E-state index in [1.807, 2.05) is 46.7 Å². The zero-order valence-corrected chi connectivity index (χ0v) is 17.1. The van der Waals surface area contributed by atoms with Crippen molar-refractivity contribution in [1.82, 2.24) is 19.8 Å². The molecule has 0 aliphatic carbocycles. The van der Waals surface area contributed by atoms with Crippen molar-refractivity contribution in [3.8, 4) is 5.75 Å². The molecule has 0 unspecified atom stereocenters. The molecule has 0 atom stereocenters. The van der Waals surface area contributed by atoms with Crippen molar-refractivity contribution in [3.63, 3.8) is 0 Å². The second-order valence-corrected chi connectivity index (χ2v) is 8.35. The van der Waals surface area contributed by atoms with Gasteiger partial charge in [0.05, 0.1) is 5.75 Å². The van der Waals surface area contributed by atoms with E-state index in [1.165, 1.54) is 11.8 Å². The number of amides is 1. The predicted octanol–water partition coefficient (Wildman–Crippen LogP) is 3.01. The minimum absolute atomic E-state index is 0.173. The molecule has 3 heterocycles. The summed E-state index contributed by atoms with van der Waals surface area (Å²) in [5, 5.41) is 3.93. The first-order valence-electron chi connectivity index (χ1n) is 9.28. The van der Waals surface area contributed by atoms with Crippen molar-refractivity contribution < 1.29 is 9.53 Å². The van der Waals surface area contributed by atoms with Crippen LogP contribution in [0, 0.1) is 0 Å². The smallest absolute Gasteiger partial charge is 0.233 e. The van der Waals surface area contributed by atoms with Crippen molar-refractivity contribution >= 4 is 39.2 Å². The predicted molar refractivity (Wildman–Crippen MR) is 113 cm³/mol. The Labute approximate surface area is 172 Å². The zero-order chi connectivity index (χ0) is 19.2. The summed E-state index contributed by atoms with van der Waals surface area (Å²) in [7, 11) is 0. The van der Waals surface area contributed by atoms with E-state index in [-0.39, 0.29) is 5.91 Å². The minimum Gasteiger partial charge on any atom is -0.492 e. The Hall–Kier alpha value is -2.16. The Morgan fingerprint density at radius 1 is 1.11 bits per heavy atom. The van der Waals surface area contributed by atoms with Crippen LogP contribution in [-0.4, -0.2) is 70.8 Å². The van der Waals surface area contributed by atoms with Crippen molar-refractivity contribution in [2.75, 3.05) is 45.1 Å². The Balaban J connectivity index is 1.19. The molecule has 1 aliphatic rings. The van der Waals surface area contributed by atoms with Crippen LogP contribution in [0.1, 0.15) is 0 Å². The van der Waals surface area contributed by atoms with Gasteiger partial charge in [-0.2, -0.15) is 0 Å². The summed E-state index contributed by atoms with van der Waals surface area (Å²) in [5.74, 6) is 1.49. The second-order valence-electron chi connectivity index (χ2n) is 6.49. The van der Waals surface area contributed by atoms with Crippen LogP contribution >= 0.6 is 23.1 Å². The van der Waals surface area contributed by atoms with Crippen LogP contribution in [0.4, 0.5) is 0 Å². The van der Waals surface area contributed by atoms with Crippen molar-refractivity contribution in [1.29, 1.82) is 0 Å². The van der Waals surface area contributed by atoms with Gasteiger partial charge < -0.3 is 9.64 Å². The third kappa shape index (κ3) is 4.81. The molecule has 1 saturated heterocycles. The Morgan fingerprint density at radius 3 is 2.75 bits per heavy atom. The van der Waals surface area contributed by atoms with E-state index in [1.54, 1.807) is 17.7 Å². The molecular formula is C20H22N4O2S2. The Morgan fingerprint density at radius 2 is 1.93 bits per heavy atom. The average Bonchev–Trinajstić information content (AvgIpc) is 3.23. The lowest BCUT2D eigenvalue weighted by Gasteiger charge is -2.34. The lowest BCUT2D eigenvalue weighted by atomic mass is 10.3. The fourth-order valence-electron chi connectivity index (χ4n) is 3.13. The molecule has 8 heteroatoms. The molecule has 0 saturated carbocycles. The number of benzene rings is 1. The van der Waals surface area contributed by atoms with Crippen molar-refractivity contribution in [2.24, 2.45) is 0 Å². The molecule has 1 aliphatic heterocycles. The number of carbonyl (C=O) groups excluding carboxylic acids is 1. The van der Waals surface area contributed by atoms with Gasteiger partial charge in [0.15, 0.2) is 0 Å². The molecule has 0 N–H and O–H groups in total. The van der Waals surface area contributed by atoms with Crippen LogP contribution in [0.25, 0.3) is 10.2 Å². The van der Waals surface area contributed by atoms with Gasteiger partial charge in [-0.15, -0.1) is 11.3 Å².